The van der Waals surface area contributed by atoms with Gasteiger partial charge in [-0.1, -0.05) is 6.07 Å². The Balaban J connectivity index is 2.82. The van der Waals surface area contributed by atoms with Crippen molar-refractivity contribution in [2.75, 3.05) is 7.11 Å². The van der Waals surface area contributed by atoms with Gasteiger partial charge in [0.2, 0.25) is 0 Å². The molecule has 0 spiro atoms. The number of hydrogen-bond donors (Lipinski definition) is 0. The van der Waals surface area contributed by atoms with Gasteiger partial charge in [0.15, 0.2) is 6.29 Å². The molecule has 102 valence electrons. The minimum Gasteiger partial charge on any atom is -0.496 e. The van der Waals surface area contributed by atoms with Gasteiger partial charge in [-0.25, -0.2) is 4.79 Å². The van der Waals surface area contributed by atoms with Crippen molar-refractivity contribution in [2.45, 2.75) is 26.4 Å². The van der Waals surface area contributed by atoms with Crippen LogP contribution in [0.2, 0.25) is 0 Å². The molecule has 0 unspecified atom stereocenters. The van der Waals surface area contributed by atoms with Crippen LogP contribution in [0.15, 0.2) is 24.3 Å². The second-order valence-corrected chi connectivity index (χ2v) is 4.99. The van der Waals surface area contributed by atoms with E-state index in [-0.39, 0.29) is 0 Å². The van der Waals surface area contributed by atoms with E-state index in [0.717, 1.165) is 11.8 Å². The first-order valence-electron chi connectivity index (χ1n) is 5.90. The Kier molecular flexibility index (Phi) is 4.87. The third-order valence-corrected chi connectivity index (χ3v) is 2.20. The number of methoxy groups -OCH3 is 1. The zero-order valence-electron chi connectivity index (χ0n) is 11.6. The van der Waals surface area contributed by atoms with Crippen LogP contribution in [0.4, 0.5) is 0 Å². The van der Waals surface area contributed by atoms with E-state index in [1.807, 2.05) is 0 Å². The van der Waals surface area contributed by atoms with E-state index in [1.54, 1.807) is 45.0 Å². The van der Waals surface area contributed by atoms with Gasteiger partial charge in [0.25, 0.3) is 0 Å². The number of aldehydes is 1. The molecule has 1 aromatic carbocycles. The monoisotopic (exact) mass is 262 g/mol. The minimum atomic E-state index is -0.513. The Hall–Kier alpha value is -2.10. The lowest BCUT2D eigenvalue weighted by Gasteiger charge is -2.17. The maximum absolute atomic E-state index is 11.5. The number of esters is 1. The zero-order chi connectivity index (χ0) is 14.5. The first-order chi connectivity index (χ1) is 8.85. The summed E-state index contributed by atoms with van der Waals surface area (Å²) in [5.41, 5.74) is 0.714. The standard InChI is InChI=1S/C15H18O4/c1-15(2,3)19-14(17)8-6-11-5-7-12(10-16)13(9-11)18-4/h5-10H,1-4H3/b8-6+. The summed E-state index contributed by atoms with van der Waals surface area (Å²) in [6.45, 7) is 5.42. The van der Waals surface area contributed by atoms with Gasteiger partial charge in [0, 0.05) is 6.08 Å². The van der Waals surface area contributed by atoms with E-state index in [4.69, 9.17) is 9.47 Å². The van der Waals surface area contributed by atoms with Gasteiger partial charge in [-0.05, 0) is 44.5 Å². The molecule has 0 heterocycles. The highest BCUT2D eigenvalue weighted by Crippen LogP contribution is 2.19. The van der Waals surface area contributed by atoms with E-state index < -0.39 is 11.6 Å². The molecular weight excluding hydrogens is 244 g/mol. The molecular formula is C15H18O4. The number of benzene rings is 1. The normalized spacial score (nSPS) is 11.4. The van der Waals surface area contributed by atoms with Gasteiger partial charge in [0.1, 0.15) is 11.4 Å². The van der Waals surface area contributed by atoms with E-state index in [2.05, 4.69) is 0 Å². The smallest absolute Gasteiger partial charge is 0.331 e. The molecule has 19 heavy (non-hydrogen) atoms. The summed E-state index contributed by atoms with van der Waals surface area (Å²) in [7, 11) is 1.49. The van der Waals surface area contributed by atoms with Crippen molar-refractivity contribution in [1.29, 1.82) is 0 Å². The van der Waals surface area contributed by atoms with E-state index in [1.165, 1.54) is 13.2 Å². The summed E-state index contributed by atoms with van der Waals surface area (Å²) in [5.74, 6) is 0.0623. The molecule has 0 aliphatic carbocycles. The Morgan fingerprint density at radius 3 is 2.47 bits per heavy atom. The predicted molar refractivity (Wildman–Crippen MR) is 73.3 cm³/mol. The molecule has 0 saturated carbocycles. The molecule has 0 radical (unpaired) electrons. The van der Waals surface area contributed by atoms with E-state index in [0.29, 0.717) is 11.3 Å². The first kappa shape index (κ1) is 15.0. The topological polar surface area (TPSA) is 52.6 Å². The lowest BCUT2D eigenvalue weighted by atomic mass is 10.1. The molecule has 0 atom stereocenters. The summed E-state index contributed by atoms with van der Waals surface area (Å²) in [5, 5.41) is 0. The summed E-state index contributed by atoms with van der Waals surface area (Å²) in [4.78, 5) is 22.3. The zero-order valence-corrected chi connectivity index (χ0v) is 11.6. The molecule has 0 N–H and O–H groups in total. The fourth-order valence-electron chi connectivity index (χ4n) is 1.43. The Labute approximate surface area is 113 Å². The van der Waals surface area contributed by atoms with Crippen LogP contribution in [0.5, 0.6) is 5.75 Å². The fraction of sp³-hybridized carbons (Fsp3) is 0.333. The number of carbonyl (C=O) groups excluding carboxylic acids is 2. The fourth-order valence-corrected chi connectivity index (χ4v) is 1.43. The lowest BCUT2D eigenvalue weighted by Crippen LogP contribution is -2.22. The van der Waals surface area contributed by atoms with Gasteiger partial charge >= 0.3 is 5.97 Å². The van der Waals surface area contributed by atoms with Crippen molar-refractivity contribution in [3.8, 4) is 5.75 Å². The third kappa shape index (κ3) is 4.95. The average molecular weight is 262 g/mol. The van der Waals surface area contributed by atoms with Crippen molar-refractivity contribution in [3.05, 3.63) is 35.4 Å². The van der Waals surface area contributed by atoms with Crippen molar-refractivity contribution in [1.82, 2.24) is 0 Å². The van der Waals surface area contributed by atoms with Crippen molar-refractivity contribution >= 4 is 18.3 Å². The van der Waals surface area contributed by atoms with Crippen molar-refractivity contribution in [3.63, 3.8) is 0 Å². The maximum atomic E-state index is 11.5. The maximum Gasteiger partial charge on any atom is 0.331 e. The molecule has 4 nitrogen and oxygen atoms in total. The quantitative estimate of drug-likeness (QED) is 0.475. The average Bonchev–Trinajstić information content (AvgIpc) is 2.33. The van der Waals surface area contributed by atoms with Crippen LogP contribution in [0.3, 0.4) is 0 Å². The first-order valence-corrected chi connectivity index (χ1v) is 5.90. The highest BCUT2D eigenvalue weighted by Gasteiger charge is 2.13. The molecule has 0 bridgehead atoms. The Morgan fingerprint density at radius 2 is 1.95 bits per heavy atom. The van der Waals surface area contributed by atoms with Gasteiger partial charge in [0.05, 0.1) is 12.7 Å². The number of rotatable bonds is 4. The lowest BCUT2D eigenvalue weighted by molar-refractivity contribution is -0.148. The second kappa shape index (κ2) is 6.18. The molecule has 0 saturated heterocycles. The summed E-state index contributed by atoms with van der Waals surface area (Å²) >= 11 is 0. The number of ether oxygens (including phenoxy) is 2. The SMILES string of the molecule is COc1cc(/C=C/C(=O)OC(C)(C)C)ccc1C=O. The third-order valence-electron chi connectivity index (χ3n) is 2.20. The number of carbonyl (C=O) groups is 2. The summed E-state index contributed by atoms with van der Waals surface area (Å²) < 4.78 is 10.2. The van der Waals surface area contributed by atoms with E-state index in [9.17, 15) is 9.59 Å². The van der Waals surface area contributed by atoms with Crippen molar-refractivity contribution < 1.29 is 19.1 Å². The molecule has 0 aromatic heterocycles. The molecule has 4 heteroatoms. The molecule has 1 aromatic rings. The van der Waals surface area contributed by atoms with Crippen LogP contribution in [-0.4, -0.2) is 25.0 Å². The predicted octanol–water partition coefficient (Wildman–Crippen LogP) is 2.86. The Bertz CT molecular complexity index is 495. The van der Waals surface area contributed by atoms with Crippen LogP contribution in [0.25, 0.3) is 6.08 Å². The Morgan fingerprint density at radius 1 is 1.26 bits per heavy atom. The van der Waals surface area contributed by atoms with Gasteiger partial charge in [-0.2, -0.15) is 0 Å². The minimum absolute atomic E-state index is 0.411. The molecule has 0 aliphatic heterocycles. The van der Waals surface area contributed by atoms with Crippen LogP contribution in [0, 0.1) is 0 Å². The second-order valence-electron chi connectivity index (χ2n) is 4.99. The van der Waals surface area contributed by atoms with Gasteiger partial charge < -0.3 is 9.47 Å². The highest BCUT2D eigenvalue weighted by atomic mass is 16.6. The number of hydrogen-bond acceptors (Lipinski definition) is 4. The summed E-state index contributed by atoms with van der Waals surface area (Å²) in [6.07, 6.45) is 3.69. The van der Waals surface area contributed by atoms with Crippen LogP contribution in [-0.2, 0) is 9.53 Å². The van der Waals surface area contributed by atoms with Crippen molar-refractivity contribution in [2.24, 2.45) is 0 Å². The molecule has 0 aliphatic rings. The largest absolute Gasteiger partial charge is 0.496 e. The van der Waals surface area contributed by atoms with Gasteiger partial charge in [-0.15, -0.1) is 0 Å². The van der Waals surface area contributed by atoms with Crippen LogP contribution in [0.1, 0.15) is 36.7 Å². The van der Waals surface area contributed by atoms with Gasteiger partial charge in [-0.3, -0.25) is 4.79 Å². The van der Waals surface area contributed by atoms with E-state index >= 15 is 0 Å². The van der Waals surface area contributed by atoms with Crippen LogP contribution >= 0.6 is 0 Å². The molecule has 0 amide bonds. The molecule has 0 fully saturated rings. The molecule has 1 rings (SSSR count). The highest BCUT2D eigenvalue weighted by molar-refractivity contribution is 5.88. The summed E-state index contributed by atoms with van der Waals surface area (Å²) in [6, 6.07) is 5.05. The van der Waals surface area contributed by atoms with Crippen LogP contribution < -0.4 is 4.74 Å².